The van der Waals surface area contributed by atoms with E-state index in [-0.39, 0.29) is 16.9 Å². The van der Waals surface area contributed by atoms with Crippen molar-refractivity contribution >= 4 is 38.9 Å². The van der Waals surface area contributed by atoms with E-state index < -0.39 is 22.3 Å². The van der Waals surface area contributed by atoms with Crippen molar-refractivity contribution in [3.63, 3.8) is 0 Å². The molecule has 2 aromatic rings. The van der Waals surface area contributed by atoms with Gasteiger partial charge in [-0.3, -0.25) is 14.9 Å². The van der Waals surface area contributed by atoms with Crippen LogP contribution in [-0.2, 0) is 0 Å². The van der Waals surface area contributed by atoms with Gasteiger partial charge in [0.2, 0.25) is 0 Å². The molecule has 108 valence electrons. The van der Waals surface area contributed by atoms with Gasteiger partial charge in [-0.2, -0.15) is 0 Å². The fourth-order valence-electron chi connectivity index (χ4n) is 1.70. The molecule has 0 spiro atoms. The molecule has 21 heavy (non-hydrogen) atoms. The average molecular weight is 354 g/mol. The number of hydrogen-bond donors (Lipinski definition) is 2. The Morgan fingerprint density at radius 3 is 2.62 bits per heavy atom. The van der Waals surface area contributed by atoms with E-state index in [0.717, 1.165) is 18.2 Å². The molecule has 6 nitrogen and oxygen atoms in total. The van der Waals surface area contributed by atoms with Crippen LogP contribution in [0.15, 0.2) is 40.9 Å². The summed E-state index contributed by atoms with van der Waals surface area (Å²) in [4.78, 5) is 22.2. The Labute approximate surface area is 127 Å². The third kappa shape index (κ3) is 3.34. The second kappa shape index (κ2) is 5.88. The predicted octanol–water partition coefficient (Wildman–Crippen LogP) is 3.33. The minimum atomic E-state index is -0.708. The van der Waals surface area contributed by atoms with Crippen molar-refractivity contribution < 1.29 is 14.1 Å². The number of carbonyl (C=O) groups excluding carboxylic acids is 1. The van der Waals surface area contributed by atoms with Crippen LogP contribution < -0.4 is 11.1 Å². The highest BCUT2D eigenvalue weighted by Gasteiger charge is 2.18. The summed E-state index contributed by atoms with van der Waals surface area (Å²) < 4.78 is 13.9. The van der Waals surface area contributed by atoms with Crippen LogP contribution in [0.2, 0.25) is 0 Å². The number of benzene rings is 2. The first-order valence-electron chi connectivity index (χ1n) is 5.69. The molecule has 2 aromatic carbocycles. The van der Waals surface area contributed by atoms with Gasteiger partial charge in [0.1, 0.15) is 11.5 Å². The summed E-state index contributed by atoms with van der Waals surface area (Å²) in [6.07, 6.45) is 0. The van der Waals surface area contributed by atoms with Crippen LogP contribution in [0.5, 0.6) is 0 Å². The molecule has 0 aliphatic heterocycles. The first-order valence-corrected chi connectivity index (χ1v) is 6.48. The zero-order chi connectivity index (χ0) is 15.6. The van der Waals surface area contributed by atoms with Crippen LogP contribution in [0.3, 0.4) is 0 Å². The van der Waals surface area contributed by atoms with Crippen molar-refractivity contribution in [1.29, 1.82) is 0 Å². The maximum Gasteiger partial charge on any atom is 0.292 e. The lowest BCUT2D eigenvalue weighted by molar-refractivity contribution is -0.384. The second-order valence-corrected chi connectivity index (χ2v) is 5.02. The minimum Gasteiger partial charge on any atom is -0.398 e. The van der Waals surface area contributed by atoms with Gasteiger partial charge < -0.3 is 11.1 Å². The number of halogens is 2. The lowest BCUT2D eigenvalue weighted by Crippen LogP contribution is -2.15. The third-order valence-electron chi connectivity index (χ3n) is 2.66. The highest BCUT2D eigenvalue weighted by molar-refractivity contribution is 9.10. The van der Waals surface area contributed by atoms with Gasteiger partial charge in [-0.1, -0.05) is 15.9 Å². The van der Waals surface area contributed by atoms with Crippen molar-refractivity contribution in [2.24, 2.45) is 0 Å². The Morgan fingerprint density at radius 2 is 2.00 bits per heavy atom. The fourth-order valence-corrected chi connectivity index (χ4v) is 2.08. The Kier molecular flexibility index (Phi) is 4.18. The summed E-state index contributed by atoms with van der Waals surface area (Å²) in [5, 5.41) is 13.2. The van der Waals surface area contributed by atoms with Crippen molar-refractivity contribution in [1.82, 2.24) is 0 Å². The molecule has 3 N–H and O–H groups in total. The topological polar surface area (TPSA) is 98.3 Å². The Hall–Kier alpha value is -2.48. The van der Waals surface area contributed by atoms with Crippen LogP contribution in [0.25, 0.3) is 0 Å². The standard InChI is InChI=1S/C13H9BrFN3O3/c14-7-1-3-9(10(16)5-7)13(19)17-11-6-8(15)2-4-12(11)18(20)21/h1-6H,16H2,(H,17,19). The molecule has 0 unspecified atom stereocenters. The average Bonchev–Trinajstić information content (AvgIpc) is 2.37. The van der Waals surface area contributed by atoms with E-state index in [0.29, 0.717) is 4.47 Å². The molecule has 0 aliphatic rings. The number of amides is 1. The number of rotatable bonds is 3. The highest BCUT2D eigenvalue weighted by Crippen LogP contribution is 2.26. The van der Waals surface area contributed by atoms with Gasteiger partial charge in [-0.05, 0) is 24.3 Å². The summed E-state index contributed by atoms with van der Waals surface area (Å²) in [7, 11) is 0. The second-order valence-electron chi connectivity index (χ2n) is 4.10. The number of nitrogens with zero attached hydrogens (tertiary/aromatic N) is 1. The van der Waals surface area contributed by atoms with E-state index in [1.54, 1.807) is 6.07 Å². The van der Waals surface area contributed by atoms with Gasteiger partial charge in [0.05, 0.1) is 10.5 Å². The van der Waals surface area contributed by atoms with Crippen LogP contribution in [0.1, 0.15) is 10.4 Å². The van der Waals surface area contributed by atoms with Crippen molar-refractivity contribution in [2.45, 2.75) is 0 Å². The summed E-state index contributed by atoms with van der Waals surface area (Å²) in [6.45, 7) is 0. The van der Waals surface area contributed by atoms with Gasteiger partial charge in [0, 0.05) is 22.3 Å². The van der Waals surface area contributed by atoms with Crippen LogP contribution >= 0.6 is 15.9 Å². The van der Waals surface area contributed by atoms with Gasteiger partial charge in [-0.25, -0.2) is 4.39 Å². The van der Waals surface area contributed by atoms with Crippen LogP contribution in [0, 0.1) is 15.9 Å². The summed E-state index contributed by atoms with van der Waals surface area (Å²) in [5.74, 6) is -1.35. The normalized spacial score (nSPS) is 10.2. The molecule has 0 fully saturated rings. The van der Waals surface area contributed by atoms with E-state index in [1.807, 2.05) is 0 Å². The van der Waals surface area contributed by atoms with Gasteiger partial charge >= 0.3 is 0 Å². The monoisotopic (exact) mass is 353 g/mol. The molecule has 0 heterocycles. The largest absolute Gasteiger partial charge is 0.398 e. The maximum absolute atomic E-state index is 13.2. The van der Waals surface area contributed by atoms with Crippen LogP contribution in [-0.4, -0.2) is 10.8 Å². The number of carbonyl (C=O) groups is 1. The quantitative estimate of drug-likeness (QED) is 0.502. The number of nitrogens with two attached hydrogens (primary N) is 1. The minimum absolute atomic E-state index is 0.136. The van der Waals surface area contributed by atoms with E-state index in [1.165, 1.54) is 12.1 Å². The molecule has 1 amide bonds. The summed E-state index contributed by atoms with van der Waals surface area (Å²) in [5.41, 5.74) is 5.40. The van der Waals surface area contributed by atoms with Gasteiger partial charge in [-0.15, -0.1) is 0 Å². The Morgan fingerprint density at radius 1 is 1.29 bits per heavy atom. The molecule has 0 atom stereocenters. The number of nitrogen functional groups attached to an aromatic ring is 1. The van der Waals surface area contributed by atoms with Crippen molar-refractivity contribution in [2.75, 3.05) is 11.1 Å². The molecule has 2 rings (SSSR count). The molecule has 8 heteroatoms. The van der Waals surface area contributed by atoms with Crippen LogP contribution in [0.4, 0.5) is 21.5 Å². The number of hydrogen-bond acceptors (Lipinski definition) is 4. The SMILES string of the molecule is Nc1cc(Br)ccc1C(=O)Nc1cc(F)ccc1[N+](=O)[O-]. The van der Waals surface area contributed by atoms with E-state index in [2.05, 4.69) is 21.2 Å². The molecule has 0 radical (unpaired) electrons. The first-order chi connectivity index (χ1) is 9.88. The van der Waals surface area contributed by atoms with Gasteiger partial charge in [0.25, 0.3) is 11.6 Å². The lowest BCUT2D eigenvalue weighted by Gasteiger charge is -2.08. The number of nitro benzene ring substituents is 1. The lowest BCUT2D eigenvalue weighted by atomic mass is 10.1. The smallest absolute Gasteiger partial charge is 0.292 e. The fraction of sp³-hybridized carbons (Fsp3) is 0. The summed E-state index contributed by atoms with van der Waals surface area (Å²) in [6, 6.07) is 7.39. The Bertz CT molecular complexity index is 737. The molecule has 0 saturated carbocycles. The zero-order valence-corrected chi connectivity index (χ0v) is 12.1. The highest BCUT2D eigenvalue weighted by atomic mass is 79.9. The third-order valence-corrected chi connectivity index (χ3v) is 3.15. The molecule has 0 aliphatic carbocycles. The first kappa shape index (κ1) is 14.9. The van der Waals surface area contributed by atoms with E-state index in [4.69, 9.17) is 5.73 Å². The van der Waals surface area contributed by atoms with Crippen molar-refractivity contribution in [3.8, 4) is 0 Å². The summed E-state index contributed by atoms with van der Waals surface area (Å²) >= 11 is 3.20. The Balaban J connectivity index is 2.35. The number of anilines is 2. The van der Waals surface area contributed by atoms with E-state index >= 15 is 0 Å². The van der Waals surface area contributed by atoms with E-state index in [9.17, 15) is 19.3 Å². The molecular weight excluding hydrogens is 345 g/mol. The molecule has 0 saturated heterocycles. The zero-order valence-electron chi connectivity index (χ0n) is 10.5. The molecular formula is C13H9BrFN3O3. The van der Waals surface area contributed by atoms with Gasteiger partial charge in [0.15, 0.2) is 0 Å². The number of nitrogens with one attached hydrogen (secondary N) is 1. The van der Waals surface area contributed by atoms with Crippen molar-refractivity contribution in [3.05, 3.63) is 62.4 Å². The molecule has 0 aromatic heterocycles. The molecule has 0 bridgehead atoms. The predicted molar refractivity (Wildman–Crippen MR) is 79.6 cm³/mol. The maximum atomic E-state index is 13.2. The number of nitro groups is 1.